The summed E-state index contributed by atoms with van der Waals surface area (Å²) < 4.78 is 18.6. The van der Waals surface area contributed by atoms with Gasteiger partial charge >= 0.3 is 0 Å². The second kappa shape index (κ2) is 7.50. The molecule has 3 heterocycles. The number of anilines is 1. The molecule has 2 aliphatic heterocycles. The van der Waals surface area contributed by atoms with Gasteiger partial charge in [0.05, 0.1) is 18.9 Å². The molecule has 1 amide bonds. The highest BCUT2D eigenvalue weighted by Gasteiger charge is 2.45. The molecule has 2 saturated heterocycles. The molecule has 1 spiro atoms. The van der Waals surface area contributed by atoms with Crippen molar-refractivity contribution >= 4 is 11.9 Å². The van der Waals surface area contributed by atoms with E-state index in [9.17, 15) is 14.0 Å². The van der Waals surface area contributed by atoms with Crippen LogP contribution in [0.25, 0.3) is 0 Å². The number of aromatic amines is 1. The van der Waals surface area contributed by atoms with Gasteiger partial charge in [0, 0.05) is 42.7 Å². The Bertz CT molecular complexity index is 1010. The average molecular weight is 412 g/mol. The molecular weight excluding hydrogens is 387 g/mol. The monoisotopic (exact) mass is 412 g/mol. The molecule has 0 saturated carbocycles. The van der Waals surface area contributed by atoms with E-state index in [0.29, 0.717) is 50.9 Å². The first-order valence-electron chi connectivity index (χ1n) is 10.6. The minimum absolute atomic E-state index is 0.0387. The lowest BCUT2D eigenvalue weighted by atomic mass is 9.76. The number of aromatic nitrogens is 2. The Balaban J connectivity index is 1.37. The zero-order chi connectivity index (χ0) is 20.7. The predicted molar refractivity (Wildman–Crippen MR) is 109 cm³/mol. The van der Waals surface area contributed by atoms with Gasteiger partial charge in [-0.1, -0.05) is 0 Å². The summed E-state index contributed by atoms with van der Waals surface area (Å²) in [6.45, 7) is 3.91. The Hall–Kier alpha value is -2.74. The summed E-state index contributed by atoms with van der Waals surface area (Å²) in [6, 6.07) is 5.69. The van der Waals surface area contributed by atoms with Crippen LogP contribution in [0.15, 0.2) is 29.1 Å². The number of carbonyl (C=O) groups is 1. The maximum atomic E-state index is 13.2. The molecule has 1 aromatic heterocycles. The maximum absolute atomic E-state index is 13.2. The average Bonchev–Trinajstić information content (AvgIpc) is 3.13. The molecule has 2 fully saturated rings. The first-order valence-corrected chi connectivity index (χ1v) is 10.6. The number of H-pyrrole nitrogens is 1. The molecule has 0 unspecified atom stereocenters. The summed E-state index contributed by atoms with van der Waals surface area (Å²) in [5.41, 5.74) is 2.03. The molecule has 2 aromatic rings. The van der Waals surface area contributed by atoms with Crippen molar-refractivity contribution in [2.24, 2.45) is 0 Å². The molecule has 0 radical (unpaired) electrons. The maximum Gasteiger partial charge on any atom is 0.255 e. The second-order valence-electron chi connectivity index (χ2n) is 8.40. The lowest BCUT2D eigenvalue weighted by Gasteiger charge is -2.39. The minimum Gasteiger partial charge on any atom is -0.378 e. The van der Waals surface area contributed by atoms with Crippen LogP contribution >= 0.6 is 0 Å². The number of amides is 1. The van der Waals surface area contributed by atoms with Gasteiger partial charge in [-0.05, 0) is 49.9 Å². The fraction of sp³-hybridized carbons (Fsp3) is 0.500. The molecule has 30 heavy (non-hydrogen) atoms. The van der Waals surface area contributed by atoms with E-state index >= 15 is 0 Å². The highest BCUT2D eigenvalue weighted by atomic mass is 19.1. The zero-order valence-corrected chi connectivity index (χ0v) is 16.8. The Morgan fingerprint density at radius 3 is 2.47 bits per heavy atom. The molecule has 0 atom stereocenters. The number of halogens is 1. The molecule has 1 N–H and O–H groups in total. The molecule has 158 valence electrons. The van der Waals surface area contributed by atoms with Crippen molar-refractivity contribution in [3.8, 4) is 0 Å². The Labute approximate surface area is 173 Å². The van der Waals surface area contributed by atoms with Gasteiger partial charge in [0.1, 0.15) is 5.82 Å². The van der Waals surface area contributed by atoms with Crippen molar-refractivity contribution in [2.45, 2.75) is 31.1 Å². The topological polar surface area (TPSA) is 78.5 Å². The molecule has 5 rings (SSSR count). The number of nitrogens with zero attached hydrogens (tertiary/aromatic N) is 3. The van der Waals surface area contributed by atoms with E-state index in [0.717, 1.165) is 36.9 Å². The van der Waals surface area contributed by atoms with Gasteiger partial charge in [0.15, 0.2) is 0 Å². The van der Waals surface area contributed by atoms with E-state index in [1.54, 1.807) is 0 Å². The van der Waals surface area contributed by atoms with Gasteiger partial charge < -0.3 is 14.5 Å². The molecule has 8 heteroatoms. The standard InChI is InChI=1S/C22H25FN4O3/c23-16-3-1-15(2-4-16)20(29)26-9-7-22(8-10-26)6-5-17-18(22)24-21(25-19(17)28)27-11-13-30-14-12-27/h1-4H,5-14H2,(H,24,25,28). The van der Waals surface area contributed by atoms with Crippen molar-refractivity contribution < 1.29 is 13.9 Å². The third-order valence-corrected chi connectivity index (χ3v) is 6.77. The van der Waals surface area contributed by atoms with Gasteiger partial charge in [0.2, 0.25) is 5.95 Å². The third-order valence-electron chi connectivity index (χ3n) is 6.77. The molecule has 7 nitrogen and oxygen atoms in total. The van der Waals surface area contributed by atoms with E-state index in [2.05, 4.69) is 9.88 Å². The molecule has 0 bridgehead atoms. The largest absolute Gasteiger partial charge is 0.378 e. The summed E-state index contributed by atoms with van der Waals surface area (Å²) in [5.74, 6) is 0.211. The lowest BCUT2D eigenvalue weighted by Crippen LogP contribution is -2.45. The molecule has 1 aromatic carbocycles. The van der Waals surface area contributed by atoms with E-state index in [4.69, 9.17) is 9.72 Å². The number of hydrogen-bond acceptors (Lipinski definition) is 5. The summed E-state index contributed by atoms with van der Waals surface area (Å²) in [6.07, 6.45) is 3.19. The van der Waals surface area contributed by atoms with Crippen molar-refractivity contribution in [1.82, 2.24) is 14.9 Å². The number of ether oxygens (including phenoxy) is 1. The highest BCUT2D eigenvalue weighted by Crippen LogP contribution is 2.44. The van der Waals surface area contributed by atoms with Gasteiger partial charge in [-0.25, -0.2) is 9.37 Å². The summed E-state index contributed by atoms with van der Waals surface area (Å²) >= 11 is 0. The van der Waals surface area contributed by atoms with Crippen LogP contribution < -0.4 is 10.5 Å². The van der Waals surface area contributed by atoms with Gasteiger partial charge in [0.25, 0.3) is 11.5 Å². The summed E-state index contributed by atoms with van der Waals surface area (Å²) in [4.78, 5) is 37.3. The highest BCUT2D eigenvalue weighted by molar-refractivity contribution is 5.94. The van der Waals surface area contributed by atoms with Crippen molar-refractivity contribution in [1.29, 1.82) is 0 Å². The van der Waals surface area contributed by atoms with Crippen molar-refractivity contribution in [2.75, 3.05) is 44.3 Å². The van der Waals surface area contributed by atoms with Crippen molar-refractivity contribution in [3.63, 3.8) is 0 Å². The number of rotatable bonds is 2. The Kier molecular flexibility index (Phi) is 4.81. The number of piperidine rings is 1. The fourth-order valence-electron chi connectivity index (χ4n) is 4.96. The minimum atomic E-state index is -0.348. The predicted octanol–water partition coefficient (Wildman–Crippen LogP) is 1.87. The van der Waals surface area contributed by atoms with Gasteiger partial charge in [-0.3, -0.25) is 14.6 Å². The van der Waals surface area contributed by atoms with Crippen molar-refractivity contribution in [3.05, 3.63) is 57.3 Å². The van der Waals surface area contributed by atoms with Crippen LogP contribution in [0.3, 0.4) is 0 Å². The van der Waals surface area contributed by atoms with Crippen LogP contribution in [-0.4, -0.2) is 60.2 Å². The number of benzene rings is 1. The second-order valence-corrected chi connectivity index (χ2v) is 8.40. The van der Waals surface area contributed by atoms with Crippen LogP contribution in [0, 0.1) is 5.82 Å². The van der Waals surface area contributed by atoms with Crippen LogP contribution in [0.2, 0.25) is 0 Å². The number of hydrogen-bond donors (Lipinski definition) is 1. The number of morpholine rings is 1. The van der Waals surface area contributed by atoms with E-state index in [1.807, 2.05) is 4.90 Å². The lowest BCUT2D eigenvalue weighted by molar-refractivity contribution is 0.0663. The number of nitrogens with one attached hydrogen (secondary N) is 1. The van der Waals surface area contributed by atoms with Gasteiger partial charge in [-0.15, -0.1) is 0 Å². The summed E-state index contributed by atoms with van der Waals surface area (Å²) in [5, 5.41) is 0. The first kappa shape index (κ1) is 19.2. The normalized spacial score (nSPS) is 20.4. The zero-order valence-electron chi connectivity index (χ0n) is 16.8. The third kappa shape index (κ3) is 3.29. The molecular formula is C22H25FN4O3. The molecule has 1 aliphatic carbocycles. The number of carbonyl (C=O) groups excluding carboxylic acids is 1. The van der Waals surface area contributed by atoms with E-state index in [1.165, 1.54) is 24.3 Å². The summed E-state index contributed by atoms with van der Waals surface area (Å²) in [7, 11) is 0. The smallest absolute Gasteiger partial charge is 0.255 e. The Morgan fingerprint density at radius 2 is 1.77 bits per heavy atom. The van der Waals surface area contributed by atoms with Gasteiger partial charge in [-0.2, -0.15) is 0 Å². The van der Waals surface area contributed by atoms with E-state index in [-0.39, 0.29) is 22.7 Å². The van der Waals surface area contributed by atoms with Crippen LogP contribution in [0.1, 0.15) is 40.9 Å². The van der Waals surface area contributed by atoms with Crippen LogP contribution in [0.5, 0.6) is 0 Å². The quantitative estimate of drug-likeness (QED) is 0.815. The fourth-order valence-corrected chi connectivity index (χ4v) is 4.96. The van der Waals surface area contributed by atoms with Crippen LogP contribution in [0.4, 0.5) is 10.3 Å². The van der Waals surface area contributed by atoms with Crippen LogP contribution in [-0.2, 0) is 16.6 Å². The Morgan fingerprint density at radius 1 is 1.07 bits per heavy atom. The van der Waals surface area contributed by atoms with E-state index < -0.39 is 0 Å². The number of likely N-dealkylation sites (tertiary alicyclic amines) is 1. The SMILES string of the molecule is O=C(c1ccc(F)cc1)N1CCC2(CCc3c2nc(N2CCOCC2)[nH]c3=O)CC1. The number of fused-ring (bicyclic) bond motifs is 2. The molecule has 3 aliphatic rings. The first-order chi connectivity index (χ1) is 14.6.